The predicted molar refractivity (Wildman–Crippen MR) is 139 cm³/mol. The van der Waals surface area contributed by atoms with Crippen LogP contribution in [0.5, 0.6) is 0 Å². The lowest BCUT2D eigenvalue weighted by Gasteiger charge is -2.41. The minimum Gasteiger partial charge on any atom is -0.444 e. The summed E-state index contributed by atoms with van der Waals surface area (Å²) in [5, 5.41) is 2.76. The van der Waals surface area contributed by atoms with Crippen LogP contribution in [-0.2, 0) is 18.8 Å². The Morgan fingerprint density at radius 2 is 1.67 bits per heavy atom. The number of hydrogen-bond donors (Lipinski definition) is 1. The van der Waals surface area contributed by atoms with Crippen LogP contribution < -0.4 is 15.7 Å². The van der Waals surface area contributed by atoms with Crippen molar-refractivity contribution in [1.29, 1.82) is 0 Å². The molecular weight excluding hydrogens is 461 g/mol. The van der Waals surface area contributed by atoms with Gasteiger partial charge >= 0.3 is 13.2 Å². The Labute approximate surface area is 215 Å². The summed E-state index contributed by atoms with van der Waals surface area (Å²) >= 11 is 0. The number of ether oxygens (including phenoxy) is 1. The van der Waals surface area contributed by atoms with E-state index < -0.39 is 36.1 Å². The lowest BCUT2D eigenvalue weighted by Crippen LogP contribution is -2.60. The molecule has 200 valence electrons. The normalized spacial score (nSPS) is 22.5. The molecule has 2 amide bonds. The SMILES string of the molecule is CC(C)[C@H](NC(=O)OC(C)(C)C)C(=O)N1CCN(c2ncc(B3OC(C)(C)C(C)(C)O3)cn2)C[C@H]1C. The molecule has 0 saturated carbocycles. The minimum atomic E-state index is -0.663. The van der Waals surface area contributed by atoms with E-state index in [1.54, 1.807) is 33.2 Å². The third-order valence-electron chi connectivity index (χ3n) is 6.98. The maximum atomic E-state index is 13.4. The first-order valence-corrected chi connectivity index (χ1v) is 12.7. The summed E-state index contributed by atoms with van der Waals surface area (Å²) in [5.74, 6) is 0.405. The molecule has 2 saturated heterocycles. The fraction of sp³-hybridized carbons (Fsp3) is 0.760. The van der Waals surface area contributed by atoms with Crippen LogP contribution in [0.3, 0.4) is 0 Å². The third-order valence-corrected chi connectivity index (χ3v) is 6.98. The van der Waals surface area contributed by atoms with Crippen LogP contribution in [0.4, 0.5) is 10.7 Å². The second kappa shape index (κ2) is 10.2. The van der Waals surface area contributed by atoms with Gasteiger partial charge in [-0.25, -0.2) is 14.8 Å². The van der Waals surface area contributed by atoms with E-state index in [1.165, 1.54) is 0 Å². The van der Waals surface area contributed by atoms with Crippen molar-refractivity contribution in [3.8, 4) is 0 Å². The van der Waals surface area contributed by atoms with Crippen molar-refractivity contribution in [1.82, 2.24) is 20.2 Å². The molecule has 3 heterocycles. The second-order valence-corrected chi connectivity index (χ2v) is 12.1. The summed E-state index contributed by atoms with van der Waals surface area (Å²) in [6, 6.07) is -0.747. The molecule has 2 aliphatic rings. The minimum absolute atomic E-state index is 0.0823. The molecule has 3 rings (SSSR count). The van der Waals surface area contributed by atoms with E-state index in [4.69, 9.17) is 14.0 Å². The van der Waals surface area contributed by atoms with Crippen LogP contribution in [0.1, 0.15) is 69.2 Å². The molecule has 0 aliphatic carbocycles. The van der Waals surface area contributed by atoms with E-state index in [0.717, 1.165) is 5.46 Å². The molecular formula is C25H42BN5O5. The molecule has 0 aromatic carbocycles. The zero-order valence-electron chi connectivity index (χ0n) is 23.4. The molecule has 0 unspecified atom stereocenters. The Bertz CT molecular complexity index is 931. The fourth-order valence-corrected chi connectivity index (χ4v) is 4.19. The Balaban J connectivity index is 1.62. The first-order chi connectivity index (χ1) is 16.5. The maximum Gasteiger partial charge on any atom is 0.498 e. The molecule has 0 radical (unpaired) electrons. The van der Waals surface area contributed by atoms with Crippen molar-refractivity contribution in [2.24, 2.45) is 5.92 Å². The van der Waals surface area contributed by atoms with Gasteiger partial charge in [0.05, 0.1) is 11.2 Å². The molecule has 10 nitrogen and oxygen atoms in total. The Morgan fingerprint density at radius 1 is 1.11 bits per heavy atom. The third kappa shape index (κ3) is 6.29. The number of aromatic nitrogens is 2. The Kier molecular flexibility index (Phi) is 7.96. The molecule has 2 fully saturated rings. The first-order valence-electron chi connectivity index (χ1n) is 12.7. The van der Waals surface area contributed by atoms with E-state index in [2.05, 4.69) is 20.2 Å². The van der Waals surface area contributed by atoms with Crippen molar-refractivity contribution in [3.05, 3.63) is 12.4 Å². The summed E-state index contributed by atoms with van der Waals surface area (Å²) in [7, 11) is -0.511. The highest BCUT2D eigenvalue weighted by Crippen LogP contribution is 2.36. The van der Waals surface area contributed by atoms with Gasteiger partial charge in [-0.1, -0.05) is 13.8 Å². The topological polar surface area (TPSA) is 106 Å². The summed E-state index contributed by atoms with van der Waals surface area (Å²) in [6.07, 6.45) is 2.90. The van der Waals surface area contributed by atoms with Gasteiger partial charge in [-0.3, -0.25) is 4.79 Å². The van der Waals surface area contributed by atoms with Crippen molar-refractivity contribution < 1.29 is 23.6 Å². The summed E-state index contributed by atoms with van der Waals surface area (Å²) in [4.78, 5) is 38.7. The molecule has 2 atom stereocenters. The van der Waals surface area contributed by atoms with Crippen molar-refractivity contribution >= 4 is 30.5 Å². The van der Waals surface area contributed by atoms with E-state index in [9.17, 15) is 9.59 Å². The number of alkyl carbamates (subject to hydrolysis) is 1. The van der Waals surface area contributed by atoms with Gasteiger partial charge in [-0.15, -0.1) is 0 Å². The molecule has 1 N–H and O–H groups in total. The van der Waals surface area contributed by atoms with Gasteiger partial charge in [0.25, 0.3) is 0 Å². The standard InChI is InChI=1S/C25H42BN5O5/c1-16(2)19(29-22(33)34-23(4,5)6)20(32)31-12-11-30(15-17(31)3)21-27-13-18(14-28-21)26-35-24(7,8)25(9,10)36-26/h13-14,16-17,19H,11-12,15H2,1-10H3,(H,29,33)/t17-,19+/m1/s1. The number of rotatable bonds is 5. The number of carbonyl (C=O) groups is 2. The van der Waals surface area contributed by atoms with Crippen molar-refractivity contribution in [2.75, 3.05) is 24.5 Å². The second-order valence-electron chi connectivity index (χ2n) is 12.1. The summed E-state index contributed by atoms with van der Waals surface area (Å²) in [5.41, 5.74) is -0.722. The molecule has 1 aromatic rings. The lowest BCUT2D eigenvalue weighted by atomic mass is 9.81. The number of anilines is 1. The molecule has 2 aliphatic heterocycles. The molecule has 11 heteroatoms. The summed E-state index contributed by atoms with van der Waals surface area (Å²) < 4.78 is 17.5. The van der Waals surface area contributed by atoms with Crippen LogP contribution in [0.15, 0.2) is 12.4 Å². The maximum absolute atomic E-state index is 13.4. The average molecular weight is 503 g/mol. The van der Waals surface area contributed by atoms with Gasteiger partial charge in [0.2, 0.25) is 11.9 Å². The van der Waals surface area contributed by atoms with Gasteiger partial charge in [0.1, 0.15) is 11.6 Å². The molecule has 0 bridgehead atoms. The molecule has 0 spiro atoms. The number of nitrogens with zero attached hydrogens (tertiary/aromatic N) is 4. The van der Waals surface area contributed by atoms with Crippen LogP contribution in [0.2, 0.25) is 0 Å². The predicted octanol–water partition coefficient (Wildman–Crippen LogP) is 2.36. The number of piperazine rings is 1. The average Bonchev–Trinajstić information content (AvgIpc) is 2.97. The lowest BCUT2D eigenvalue weighted by molar-refractivity contribution is -0.137. The highest BCUT2D eigenvalue weighted by molar-refractivity contribution is 6.61. The Hall–Kier alpha value is -2.40. The number of nitrogens with one attached hydrogen (secondary N) is 1. The highest BCUT2D eigenvalue weighted by atomic mass is 16.7. The first kappa shape index (κ1) is 28.2. The zero-order valence-corrected chi connectivity index (χ0v) is 23.4. The smallest absolute Gasteiger partial charge is 0.444 e. The van der Waals surface area contributed by atoms with E-state index >= 15 is 0 Å². The summed E-state index contributed by atoms with van der Waals surface area (Å²) in [6.45, 7) is 20.9. The van der Waals surface area contributed by atoms with Crippen LogP contribution in [0.25, 0.3) is 0 Å². The number of carbonyl (C=O) groups excluding carboxylic acids is 2. The van der Waals surface area contributed by atoms with E-state index in [1.807, 2.05) is 53.4 Å². The van der Waals surface area contributed by atoms with Crippen LogP contribution in [-0.4, -0.2) is 82.5 Å². The van der Waals surface area contributed by atoms with Gasteiger partial charge in [0.15, 0.2) is 0 Å². The largest absolute Gasteiger partial charge is 0.498 e. The van der Waals surface area contributed by atoms with Gasteiger partial charge < -0.3 is 29.2 Å². The fourth-order valence-electron chi connectivity index (χ4n) is 4.19. The van der Waals surface area contributed by atoms with Gasteiger partial charge in [-0.2, -0.15) is 0 Å². The van der Waals surface area contributed by atoms with Crippen molar-refractivity contribution in [2.45, 2.75) is 98.1 Å². The highest BCUT2D eigenvalue weighted by Gasteiger charge is 2.52. The van der Waals surface area contributed by atoms with Crippen LogP contribution in [0, 0.1) is 5.92 Å². The zero-order chi connectivity index (χ0) is 27.1. The number of amides is 2. The van der Waals surface area contributed by atoms with Gasteiger partial charge in [-0.05, 0) is 61.3 Å². The van der Waals surface area contributed by atoms with Crippen molar-refractivity contribution in [3.63, 3.8) is 0 Å². The number of hydrogen-bond acceptors (Lipinski definition) is 8. The molecule has 36 heavy (non-hydrogen) atoms. The van der Waals surface area contributed by atoms with Gasteiger partial charge in [0, 0.05) is 43.5 Å². The van der Waals surface area contributed by atoms with Crippen LogP contribution >= 0.6 is 0 Å². The monoisotopic (exact) mass is 503 g/mol. The van der Waals surface area contributed by atoms with E-state index in [-0.39, 0.29) is 17.9 Å². The van der Waals surface area contributed by atoms with E-state index in [0.29, 0.717) is 25.6 Å². The Morgan fingerprint density at radius 3 is 2.14 bits per heavy atom. The quantitative estimate of drug-likeness (QED) is 0.611. The molecule has 1 aromatic heterocycles.